The summed E-state index contributed by atoms with van der Waals surface area (Å²) in [6.45, 7) is 3.63. The lowest BCUT2D eigenvalue weighted by Gasteiger charge is -2.31. The Bertz CT molecular complexity index is 923. The first kappa shape index (κ1) is 18.1. The third kappa shape index (κ3) is 3.73. The fourth-order valence-corrected chi connectivity index (χ4v) is 4.95. The summed E-state index contributed by atoms with van der Waals surface area (Å²) in [5.41, 5.74) is 1.17. The number of hydrogen-bond acceptors (Lipinski definition) is 5. The molecule has 2 aliphatic heterocycles. The zero-order valence-electron chi connectivity index (χ0n) is 15.2. The van der Waals surface area contributed by atoms with Gasteiger partial charge in [0.05, 0.1) is 38.2 Å². The minimum atomic E-state index is -3.50. The highest BCUT2D eigenvalue weighted by Gasteiger charge is 2.30. The van der Waals surface area contributed by atoms with E-state index in [1.807, 2.05) is 18.2 Å². The van der Waals surface area contributed by atoms with Gasteiger partial charge in [-0.2, -0.15) is 4.31 Å². The zero-order chi connectivity index (χ0) is 18.9. The van der Waals surface area contributed by atoms with Crippen molar-refractivity contribution in [2.45, 2.75) is 11.4 Å². The Morgan fingerprint density at radius 3 is 2.63 bits per heavy atom. The summed E-state index contributed by atoms with van der Waals surface area (Å²) in [6.07, 6.45) is 0. The molecular weight excluding hydrogens is 368 g/mol. The third-order valence-electron chi connectivity index (χ3n) is 5.00. The number of rotatable bonds is 5. The topological polar surface area (TPSA) is 69.5 Å². The fourth-order valence-electron chi connectivity index (χ4n) is 3.47. The number of methoxy groups -OCH3 is 1. The van der Waals surface area contributed by atoms with Crippen molar-refractivity contribution in [3.63, 3.8) is 0 Å². The zero-order valence-corrected chi connectivity index (χ0v) is 16.0. The molecule has 0 atom stereocenters. The molecule has 0 aromatic heterocycles. The Kier molecular flexibility index (Phi) is 4.94. The first-order valence-corrected chi connectivity index (χ1v) is 10.4. The molecule has 0 spiro atoms. The van der Waals surface area contributed by atoms with E-state index in [0.717, 1.165) is 31.1 Å². The van der Waals surface area contributed by atoms with Gasteiger partial charge in [-0.25, -0.2) is 8.42 Å². The summed E-state index contributed by atoms with van der Waals surface area (Å²) in [5.74, 6) is 2.11. The van der Waals surface area contributed by atoms with E-state index in [9.17, 15) is 8.42 Å². The summed E-state index contributed by atoms with van der Waals surface area (Å²) in [7, 11) is -1.96. The van der Waals surface area contributed by atoms with E-state index in [2.05, 4.69) is 0 Å². The van der Waals surface area contributed by atoms with E-state index in [1.54, 1.807) is 28.6 Å². The number of sulfonamides is 1. The second-order valence-corrected chi connectivity index (χ2v) is 8.64. The van der Waals surface area contributed by atoms with Gasteiger partial charge in [-0.1, -0.05) is 6.07 Å². The number of fused-ring (bicyclic) bond motifs is 1. The van der Waals surface area contributed by atoms with Gasteiger partial charge < -0.3 is 19.1 Å². The van der Waals surface area contributed by atoms with Gasteiger partial charge in [0.25, 0.3) is 0 Å². The monoisotopic (exact) mass is 391 g/mol. The Balaban J connectivity index is 1.39. The molecule has 1 saturated heterocycles. The molecule has 0 aliphatic carbocycles. The number of nitrogens with zero attached hydrogens (tertiary/aromatic N) is 1. The lowest BCUT2D eigenvalue weighted by Crippen LogP contribution is -3.13. The van der Waals surface area contributed by atoms with Crippen LogP contribution in [0.5, 0.6) is 17.2 Å². The lowest BCUT2D eigenvalue weighted by atomic mass is 10.2. The number of hydrogen-bond donors (Lipinski definition) is 1. The molecule has 4 rings (SSSR count). The molecule has 2 aromatic rings. The minimum absolute atomic E-state index is 0.270. The molecule has 2 aromatic carbocycles. The van der Waals surface area contributed by atoms with E-state index in [0.29, 0.717) is 18.8 Å². The molecule has 0 radical (unpaired) electrons. The standard InChI is InChI=1S/C19H22N2O5S/c1-24-16-3-2-4-17(12-16)27(22,23)21-9-7-20(8-10-21)13-15-5-6-18-19(11-15)26-14-25-18/h2-6,11-12H,7-10,13-14H2,1H3/p+1. The van der Waals surface area contributed by atoms with Gasteiger partial charge in [-0.05, 0) is 30.3 Å². The maximum Gasteiger partial charge on any atom is 0.243 e. The SMILES string of the molecule is COc1cccc(S(=O)(=O)N2CC[NH+](Cc3ccc4c(c3)OCO4)CC2)c1. The van der Waals surface area contributed by atoms with Gasteiger partial charge in [-0.15, -0.1) is 0 Å². The molecule has 7 nitrogen and oxygen atoms in total. The largest absolute Gasteiger partial charge is 0.497 e. The highest BCUT2D eigenvalue weighted by molar-refractivity contribution is 7.89. The van der Waals surface area contributed by atoms with Crippen molar-refractivity contribution >= 4 is 10.0 Å². The Morgan fingerprint density at radius 1 is 1.07 bits per heavy atom. The van der Waals surface area contributed by atoms with Crippen LogP contribution in [0.25, 0.3) is 0 Å². The molecule has 0 bridgehead atoms. The van der Waals surface area contributed by atoms with Crippen molar-refractivity contribution in [1.29, 1.82) is 0 Å². The predicted octanol–water partition coefficient (Wildman–Crippen LogP) is 0.513. The molecule has 2 heterocycles. The Hall–Kier alpha value is -2.29. The number of piperazine rings is 1. The normalized spacial score (nSPS) is 17.8. The van der Waals surface area contributed by atoms with Crippen LogP contribution >= 0.6 is 0 Å². The van der Waals surface area contributed by atoms with Crippen LogP contribution in [0.4, 0.5) is 0 Å². The third-order valence-corrected chi connectivity index (χ3v) is 6.89. The first-order valence-electron chi connectivity index (χ1n) is 8.92. The van der Waals surface area contributed by atoms with Gasteiger partial charge in [0.2, 0.25) is 16.8 Å². The first-order chi connectivity index (χ1) is 13.1. The van der Waals surface area contributed by atoms with Crippen molar-refractivity contribution in [2.75, 3.05) is 40.1 Å². The molecule has 0 unspecified atom stereocenters. The number of benzene rings is 2. The second kappa shape index (κ2) is 7.38. The highest BCUT2D eigenvalue weighted by Crippen LogP contribution is 2.32. The average Bonchev–Trinajstić information content (AvgIpc) is 3.16. The number of quaternary nitrogens is 1. The molecule has 144 valence electrons. The van der Waals surface area contributed by atoms with Crippen LogP contribution in [-0.4, -0.2) is 52.8 Å². The Morgan fingerprint density at radius 2 is 1.85 bits per heavy atom. The van der Waals surface area contributed by atoms with Crippen molar-refractivity contribution in [3.8, 4) is 17.2 Å². The maximum atomic E-state index is 12.9. The van der Waals surface area contributed by atoms with E-state index >= 15 is 0 Å². The average molecular weight is 391 g/mol. The molecule has 2 aliphatic rings. The van der Waals surface area contributed by atoms with E-state index in [4.69, 9.17) is 14.2 Å². The van der Waals surface area contributed by atoms with Crippen LogP contribution in [0.3, 0.4) is 0 Å². The Labute approximate surface area is 159 Å². The predicted molar refractivity (Wildman–Crippen MR) is 98.7 cm³/mol. The van der Waals surface area contributed by atoms with Crippen LogP contribution in [0, 0.1) is 0 Å². The van der Waals surface area contributed by atoms with Crippen LogP contribution in [-0.2, 0) is 16.6 Å². The molecule has 27 heavy (non-hydrogen) atoms. The van der Waals surface area contributed by atoms with Gasteiger partial charge in [0, 0.05) is 11.6 Å². The highest BCUT2D eigenvalue weighted by atomic mass is 32.2. The van der Waals surface area contributed by atoms with Crippen molar-refractivity contribution in [3.05, 3.63) is 48.0 Å². The molecule has 1 N–H and O–H groups in total. The fraction of sp³-hybridized carbons (Fsp3) is 0.368. The smallest absolute Gasteiger partial charge is 0.243 e. The van der Waals surface area contributed by atoms with E-state index in [1.165, 1.54) is 17.6 Å². The van der Waals surface area contributed by atoms with Crippen LogP contribution < -0.4 is 19.1 Å². The van der Waals surface area contributed by atoms with Crippen LogP contribution in [0.15, 0.2) is 47.4 Å². The number of nitrogens with one attached hydrogen (secondary N) is 1. The van der Waals surface area contributed by atoms with E-state index in [-0.39, 0.29) is 11.7 Å². The van der Waals surface area contributed by atoms with Crippen molar-refractivity contribution < 1.29 is 27.5 Å². The molecule has 1 fully saturated rings. The van der Waals surface area contributed by atoms with Crippen molar-refractivity contribution in [2.24, 2.45) is 0 Å². The van der Waals surface area contributed by atoms with Crippen LogP contribution in [0.1, 0.15) is 5.56 Å². The second-order valence-electron chi connectivity index (χ2n) is 6.70. The summed E-state index contributed by atoms with van der Waals surface area (Å²) in [5, 5.41) is 0. The van der Waals surface area contributed by atoms with Crippen LogP contribution in [0.2, 0.25) is 0 Å². The minimum Gasteiger partial charge on any atom is -0.497 e. The maximum absolute atomic E-state index is 12.9. The van der Waals surface area contributed by atoms with Crippen molar-refractivity contribution in [1.82, 2.24) is 4.31 Å². The molecular formula is C19H23N2O5S+. The summed E-state index contributed by atoms with van der Waals surface area (Å²) in [6, 6.07) is 12.6. The quantitative estimate of drug-likeness (QED) is 0.805. The molecule has 0 saturated carbocycles. The number of ether oxygens (including phenoxy) is 3. The summed E-state index contributed by atoms with van der Waals surface area (Å²) in [4.78, 5) is 1.63. The summed E-state index contributed by atoms with van der Waals surface area (Å²) < 4.78 is 43.2. The van der Waals surface area contributed by atoms with Gasteiger partial charge in [0.1, 0.15) is 12.3 Å². The van der Waals surface area contributed by atoms with Gasteiger partial charge in [0.15, 0.2) is 11.5 Å². The lowest BCUT2D eigenvalue weighted by molar-refractivity contribution is -0.917. The molecule has 8 heteroatoms. The van der Waals surface area contributed by atoms with E-state index < -0.39 is 10.0 Å². The van der Waals surface area contributed by atoms with Gasteiger partial charge >= 0.3 is 0 Å². The summed E-state index contributed by atoms with van der Waals surface area (Å²) >= 11 is 0. The van der Waals surface area contributed by atoms with Gasteiger partial charge in [-0.3, -0.25) is 0 Å². The molecule has 0 amide bonds.